The molecule has 5 nitrogen and oxygen atoms in total. The first-order valence-electron chi connectivity index (χ1n) is 8.95. The highest BCUT2D eigenvalue weighted by Gasteiger charge is 2.44. The van der Waals surface area contributed by atoms with Crippen LogP contribution in [0.15, 0.2) is 0 Å². The van der Waals surface area contributed by atoms with Crippen LogP contribution in [-0.4, -0.2) is 67.3 Å². The Labute approximate surface area is 134 Å². The summed E-state index contributed by atoms with van der Waals surface area (Å²) in [5.41, 5.74) is 0.0638. The molecule has 3 fully saturated rings. The van der Waals surface area contributed by atoms with Crippen molar-refractivity contribution in [3.8, 4) is 0 Å². The van der Waals surface area contributed by atoms with Crippen LogP contribution in [-0.2, 0) is 4.74 Å². The standard InChI is InChI=1S/C17H31N3O2/c1-19(2)16(21)18-12-15-8-5-9-17(22-15)10-11-20(13-17)14-6-3-4-7-14/h14-15H,3-13H2,1-2H3,(H,18,21)/t15-,17-/m0/s1. The summed E-state index contributed by atoms with van der Waals surface area (Å²) >= 11 is 0. The molecule has 1 N–H and O–H groups in total. The fraction of sp³-hybridized carbons (Fsp3) is 0.941. The Bertz CT molecular complexity index is 395. The van der Waals surface area contributed by atoms with Crippen molar-refractivity contribution in [1.29, 1.82) is 0 Å². The summed E-state index contributed by atoms with van der Waals surface area (Å²) in [6.07, 6.45) is 10.4. The lowest BCUT2D eigenvalue weighted by Crippen LogP contribution is -2.48. The Balaban J connectivity index is 1.51. The minimum atomic E-state index is -0.0257. The second-order valence-corrected chi connectivity index (χ2v) is 7.55. The van der Waals surface area contributed by atoms with Gasteiger partial charge in [-0.3, -0.25) is 4.90 Å². The van der Waals surface area contributed by atoms with Gasteiger partial charge in [-0.2, -0.15) is 0 Å². The Kier molecular flexibility index (Phi) is 4.93. The van der Waals surface area contributed by atoms with E-state index in [0.29, 0.717) is 6.54 Å². The number of hydrogen-bond acceptors (Lipinski definition) is 3. The van der Waals surface area contributed by atoms with Crippen molar-refractivity contribution in [2.45, 2.75) is 69.1 Å². The molecule has 22 heavy (non-hydrogen) atoms. The van der Waals surface area contributed by atoms with Crippen LogP contribution in [0.5, 0.6) is 0 Å². The number of likely N-dealkylation sites (tertiary alicyclic amines) is 1. The fourth-order valence-electron chi connectivity index (χ4n) is 4.38. The number of amides is 2. The average molecular weight is 309 g/mol. The van der Waals surface area contributed by atoms with Crippen molar-refractivity contribution in [2.24, 2.45) is 0 Å². The number of carbonyl (C=O) groups excluding carboxylic acids is 1. The Hall–Kier alpha value is -0.810. The number of nitrogens with zero attached hydrogens (tertiary/aromatic N) is 2. The van der Waals surface area contributed by atoms with Crippen LogP contribution >= 0.6 is 0 Å². The highest BCUT2D eigenvalue weighted by Crippen LogP contribution is 2.39. The first-order chi connectivity index (χ1) is 10.6. The summed E-state index contributed by atoms with van der Waals surface area (Å²) in [5, 5.41) is 2.97. The highest BCUT2D eigenvalue weighted by atomic mass is 16.5. The fourth-order valence-corrected chi connectivity index (χ4v) is 4.38. The van der Waals surface area contributed by atoms with Crippen LogP contribution in [0.4, 0.5) is 4.79 Å². The molecule has 0 unspecified atom stereocenters. The largest absolute Gasteiger partial charge is 0.369 e. The van der Waals surface area contributed by atoms with Gasteiger partial charge in [-0.15, -0.1) is 0 Å². The van der Waals surface area contributed by atoms with Gasteiger partial charge in [0.25, 0.3) is 0 Å². The Morgan fingerprint density at radius 1 is 1.23 bits per heavy atom. The van der Waals surface area contributed by atoms with E-state index < -0.39 is 0 Å². The van der Waals surface area contributed by atoms with E-state index in [9.17, 15) is 4.79 Å². The lowest BCUT2D eigenvalue weighted by atomic mass is 9.90. The van der Waals surface area contributed by atoms with Gasteiger partial charge < -0.3 is 15.0 Å². The number of ether oxygens (including phenoxy) is 1. The molecule has 2 saturated heterocycles. The molecule has 126 valence electrons. The van der Waals surface area contributed by atoms with Gasteiger partial charge in [0.2, 0.25) is 0 Å². The predicted octanol–water partition coefficient (Wildman–Crippen LogP) is 2.21. The predicted molar refractivity (Wildman–Crippen MR) is 87.0 cm³/mol. The third-order valence-corrected chi connectivity index (χ3v) is 5.65. The second kappa shape index (κ2) is 6.75. The monoisotopic (exact) mass is 309 g/mol. The van der Waals surface area contributed by atoms with Crippen molar-refractivity contribution in [3.63, 3.8) is 0 Å². The molecule has 2 heterocycles. The molecule has 2 amide bonds. The van der Waals surface area contributed by atoms with E-state index in [0.717, 1.165) is 19.0 Å². The molecule has 2 atom stereocenters. The van der Waals surface area contributed by atoms with E-state index in [1.807, 2.05) is 0 Å². The van der Waals surface area contributed by atoms with Gasteiger partial charge >= 0.3 is 6.03 Å². The number of hydrogen-bond donors (Lipinski definition) is 1. The summed E-state index contributed by atoms with van der Waals surface area (Å²) in [6, 6.07) is 0.777. The second-order valence-electron chi connectivity index (χ2n) is 7.55. The molecule has 0 aromatic rings. The zero-order chi connectivity index (χ0) is 15.6. The SMILES string of the molecule is CN(C)C(=O)NC[C@@H]1CCC[C@@]2(CCN(C3CCCC3)C2)O1. The molecule has 1 aliphatic carbocycles. The first-order valence-corrected chi connectivity index (χ1v) is 8.95. The van der Waals surface area contributed by atoms with E-state index in [2.05, 4.69) is 10.2 Å². The van der Waals surface area contributed by atoms with Gasteiger partial charge in [-0.05, 0) is 38.5 Å². The van der Waals surface area contributed by atoms with E-state index >= 15 is 0 Å². The van der Waals surface area contributed by atoms with Crippen LogP contribution in [0.1, 0.15) is 51.4 Å². The highest BCUT2D eigenvalue weighted by molar-refractivity contribution is 5.73. The third-order valence-electron chi connectivity index (χ3n) is 5.65. The van der Waals surface area contributed by atoms with E-state index in [1.165, 1.54) is 51.5 Å². The average Bonchev–Trinajstić information content (AvgIpc) is 3.15. The van der Waals surface area contributed by atoms with Crippen molar-refractivity contribution < 1.29 is 9.53 Å². The molecular weight excluding hydrogens is 278 g/mol. The number of nitrogens with one attached hydrogen (secondary N) is 1. The maximum Gasteiger partial charge on any atom is 0.316 e. The molecule has 2 aliphatic heterocycles. The quantitative estimate of drug-likeness (QED) is 0.869. The lowest BCUT2D eigenvalue weighted by Gasteiger charge is -2.39. The molecule has 0 aromatic heterocycles. The summed E-state index contributed by atoms with van der Waals surface area (Å²) in [5.74, 6) is 0. The normalized spacial score (nSPS) is 33.5. The topological polar surface area (TPSA) is 44.8 Å². The van der Waals surface area contributed by atoms with Crippen LogP contribution < -0.4 is 5.32 Å². The van der Waals surface area contributed by atoms with E-state index in [-0.39, 0.29) is 17.7 Å². The van der Waals surface area contributed by atoms with Crippen molar-refractivity contribution in [2.75, 3.05) is 33.7 Å². The number of rotatable bonds is 3. The summed E-state index contributed by atoms with van der Waals surface area (Å²) in [7, 11) is 3.55. The van der Waals surface area contributed by atoms with Crippen LogP contribution in [0, 0.1) is 0 Å². The molecular formula is C17H31N3O2. The third kappa shape index (κ3) is 3.57. The molecule has 1 saturated carbocycles. The molecule has 0 bridgehead atoms. The van der Waals surface area contributed by atoms with Gasteiger partial charge in [-0.25, -0.2) is 4.79 Å². The van der Waals surface area contributed by atoms with Crippen LogP contribution in [0.25, 0.3) is 0 Å². The number of carbonyl (C=O) groups is 1. The van der Waals surface area contributed by atoms with Crippen molar-refractivity contribution in [3.05, 3.63) is 0 Å². The first kappa shape index (κ1) is 16.1. The van der Waals surface area contributed by atoms with Gasteiger partial charge in [0, 0.05) is 39.8 Å². The van der Waals surface area contributed by atoms with Gasteiger partial charge in [0.1, 0.15) is 0 Å². The van der Waals surface area contributed by atoms with Crippen LogP contribution in [0.3, 0.4) is 0 Å². The maximum atomic E-state index is 11.7. The molecule has 3 rings (SSSR count). The summed E-state index contributed by atoms with van der Waals surface area (Å²) in [4.78, 5) is 15.9. The molecule has 0 radical (unpaired) electrons. The van der Waals surface area contributed by atoms with E-state index in [4.69, 9.17) is 4.74 Å². The minimum Gasteiger partial charge on any atom is -0.369 e. The summed E-state index contributed by atoms with van der Waals surface area (Å²) < 4.78 is 6.48. The molecule has 0 aromatic carbocycles. The van der Waals surface area contributed by atoms with E-state index in [1.54, 1.807) is 19.0 Å². The molecule has 1 spiro atoms. The van der Waals surface area contributed by atoms with Gasteiger partial charge in [-0.1, -0.05) is 12.8 Å². The summed E-state index contributed by atoms with van der Waals surface area (Å²) in [6.45, 7) is 2.94. The van der Waals surface area contributed by atoms with Crippen LogP contribution in [0.2, 0.25) is 0 Å². The molecule has 3 aliphatic rings. The van der Waals surface area contributed by atoms with Gasteiger partial charge in [0.05, 0.1) is 11.7 Å². The Morgan fingerprint density at radius 3 is 2.73 bits per heavy atom. The number of urea groups is 1. The van der Waals surface area contributed by atoms with Crippen molar-refractivity contribution in [1.82, 2.24) is 15.1 Å². The zero-order valence-electron chi connectivity index (χ0n) is 14.1. The smallest absolute Gasteiger partial charge is 0.316 e. The minimum absolute atomic E-state index is 0.0257. The zero-order valence-corrected chi connectivity index (χ0v) is 14.1. The van der Waals surface area contributed by atoms with Crippen molar-refractivity contribution >= 4 is 6.03 Å². The Morgan fingerprint density at radius 2 is 2.00 bits per heavy atom. The maximum absolute atomic E-state index is 11.7. The molecule has 5 heteroatoms. The van der Waals surface area contributed by atoms with Gasteiger partial charge in [0.15, 0.2) is 0 Å². The lowest BCUT2D eigenvalue weighted by molar-refractivity contribution is -0.119.